The minimum Gasteiger partial charge on any atom is -0.481 e. The molecule has 1 aliphatic rings. The van der Waals surface area contributed by atoms with Crippen LogP contribution in [-0.4, -0.2) is 38.4 Å². The number of nitrogens with zero attached hydrogens (tertiary/aromatic N) is 2. The fraction of sp³-hybridized carbons (Fsp3) is 0.400. The first-order chi connectivity index (χ1) is 13.7. The lowest BCUT2D eigenvalue weighted by molar-refractivity contribution is -0.384. The van der Waals surface area contributed by atoms with Gasteiger partial charge in [0.15, 0.2) is 0 Å². The number of carboxylic acids is 1. The van der Waals surface area contributed by atoms with Gasteiger partial charge in [0.05, 0.1) is 22.5 Å². The minimum atomic E-state index is -1.03. The molecule has 0 saturated carbocycles. The molecule has 0 aliphatic carbocycles. The molecule has 2 N–H and O–H groups in total. The number of rotatable bonds is 6. The van der Waals surface area contributed by atoms with Crippen LogP contribution in [0.4, 0.5) is 11.4 Å². The van der Waals surface area contributed by atoms with Crippen LogP contribution in [-0.2, 0) is 4.79 Å². The van der Waals surface area contributed by atoms with Crippen LogP contribution in [0.25, 0.3) is 0 Å². The Labute approximate surface area is 173 Å². The van der Waals surface area contributed by atoms with Crippen molar-refractivity contribution >= 4 is 30.0 Å². The number of hydrogen-bond acceptors (Lipinski definition) is 7. The molecule has 1 aromatic heterocycles. The van der Waals surface area contributed by atoms with Crippen LogP contribution in [0, 0.1) is 16.0 Å². The average Bonchev–Trinajstić information content (AvgIpc) is 2.66. The molecule has 0 fully saturated rings. The smallest absolute Gasteiger partial charge is 0.309 e. The van der Waals surface area contributed by atoms with Crippen LogP contribution in [0.5, 0.6) is 5.88 Å². The van der Waals surface area contributed by atoms with E-state index in [0.717, 1.165) is 0 Å². The number of aliphatic carboxylic acids is 1. The van der Waals surface area contributed by atoms with Crippen molar-refractivity contribution in [2.24, 2.45) is 5.92 Å². The van der Waals surface area contributed by atoms with Gasteiger partial charge in [-0.2, -0.15) is 12.6 Å². The van der Waals surface area contributed by atoms with E-state index >= 15 is 0 Å². The van der Waals surface area contributed by atoms with Gasteiger partial charge in [0.25, 0.3) is 5.69 Å². The number of anilines is 1. The van der Waals surface area contributed by atoms with Gasteiger partial charge in [-0.1, -0.05) is 12.1 Å². The fourth-order valence-electron chi connectivity index (χ4n) is 3.84. The molecule has 2 heterocycles. The summed E-state index contributed by atoms with van der Waals surface area (Å²) in [6, 6.07) is 7.82. The van der Waals surface area contributed by atoms with Gasteiger partial charge in [-0.3, -0.25) is 14.9 Å². The lowest BCUT2D eigenvalue weighted by atomic mass is 9.68. The highest BCUT2D eigenvalue weighted by Crippen LogP contribution is 2.50. The van der Waals surface area contributed by atoms with Gasteiger partial charge in [-0.05, 0) is 32.4 Å². The summed E-state index contributed by atoms with van der Waals surface area (Å²) in [5.41, 5.74) is 0.779. The number of aromatic nitrogens is 1. The van der Waals surface area contributed by atoms with Gasteiger partial charge in [-0.25, -0.2) is 4.98 Å². The number of nitro groups is 1. The number of pyridine rings is 1. The van der Waals surface area contributed by atoms with Crippen molar-refractivity contribution in [1.29, 1.82) is 0 Å². The molecule has 0 amide bonds. The Morgan fingerprint density at radius 1 is 1.45 bits per heavy atom. The summed E-state index contributed by atoms with van der Waals surface area (Å²) in [5, 5.41) is 24.8. The molecule has 0 saturated heterocycles. The van der Waals surface area contributed by atoms with Crippen molar-refractivity contribution in [2.75, 3.05) is 11.1 Å². The molecule has 0 spiro atoms. The summed E-state index contributed by atoms with van der Waals surface area (Å²) in [4.78, 5) is 27.6. The Hall–Kier alpha value is -2.81. The van der Waals surface area contributed by atoms with E-state index in [1.165, 1.54) is 12.1 Å². The van der Waals surface area contributed by atoms with E-state index in [9.17, 15) is 20.0 Å². The maximum Gasteiger partial charge on any atom is 0.309 e. The van der Waals surface area contributed by atoms with Gasteiger partial charge in [0, 0.05) is 41.3 Å². The fourth-order valence-corrected chi connectivity index (χ4v) is 4.12. The average molecular weight is 417 g/mol. The van der Waals surface area contributed by atoms with Gasteiger partial charge in [-0.15, -0.1) is 0 Å². The van der Waals surface area contributed by atoms with E-state index in [2.05, 4.69) is 22.9 Å². The number of ether oxygens (including phenoxy) is 1. The predicted molar refractivity (Wildman–Crippen MR) is 112 cm³/mol. The maximum atomic E-state index is 12.4. The van der Waals surface area contributed by atoms with Crippen LogP contribution >= 0.6 is 12.6 Å². The zero-order chi connectivity index (χ0) is 21.3. The molecule has 29 heavy (non-hydrogen) atoms. The van der Waals surface area contributed by atoms with Gasteiger partial charge in [0.1, 0.15) is 0 Å². The molecule has 1 aromatic carbocycles. The zero-order valence-corrected chi connectivity index (χ0v) is 17.2. The summed E-state index contributed by atoms with van der Waals surface area (Å²) in [5.74, 6) is -2.13. The monoisotopic (exact) mass is 417 g/mol. The van der Waals surface area contributed by atoms with E-state index in [-0.39, 0.29) is 17.5 Å². The van der Waals surface area contributed by atoms with Gasteiger partial charge in [0.2, 0.25) is 5.88 Å². The largest absolute Gasteiger partial charge is 0.481 e. The van der Waals surface area contributed by atoms with Crippen LogP contribution in [0.15, 0.2) is 36.5 Å². The molecule has 3 rings (SSSR count). The Morgan fingerprint density at radius 3 is 2.76 bits per heavy atom. The first-order valence-corrected chi connectivity index (χ1v) is 9.83. The second kappa shape index (κ2) is 7.90. The second-order valence-electron chi connectivity index (χ2n) is 7.59. The summed E-state index contributed by atoms with van der Waals surface area (Å²) < 4.78 is 5.87. The van der Waals surface area contributed by atoms with Crippen molar-refractivity contribution in [3.63, 3.8) is 0 Å². The second-order valence-corrected chi connectivity index (χ2v) is 7.91. The SMILES string of the molecule is CC(C)Oc1nccc2c1C(c1cccc([N+](=O)[O-])c1)C(C(=O)O)C(C)(CS)N2. The first-order valence-electron chi connectivity index (χ1n) is 9.19. The standard InChI is InChI=1S/C20H23N3O5S/c1-11(2)28-18-16-14(7-8-21-18)22-20(3,10-29)17(19(24)25)15(16)12-5-4-6-13(9-12)23(26)27/h4-9,11,15,17,22,29H,10H2,1-3H3,(H,24,25). The quantitative estimate of drug-likeness (QED) is 0.373. The van der Waals surface area contributed by atoms with Gasteiger partial charge >= 0.3 is 5.97 Å². The number of non-ortho nitro benzene ring substituents is 1. The third-order valence-corrected chi connectivity index (χ3v) is 5.74. The summed E-state index contributed by atoms with van der Waals surface area (Å²) in [6.45, 7) is 5.49. The Bertz CT molecular complexity index is 951. The molecule has 0 bridgehead atoms. The maximum absolute atomic E-state index is 12.4. The minimum absolute atomic E-state index is 0.102. The number of carbonyl (C=O) groups is 1. The highest BCUT2D eigenvalue weighted by molar-refractivity contribution is 7.80. The molecule has 154 valence electrons. The molecule has 2 aromatic rings. The zero-order valence-electron chi connectivity index (χ0n) is 16.3. The normalized spacial score (nSPS) is 23.2. The number of nitro benzene ring substituents is 1. The van der Waals surface area contributed by atoms with E-state index in [1.807, 2.05) is 13.8 Å². The van der Waals surface area contributed by atoms with Crippen LogP contribution in [0.2, 0.25) is 0 Å². The third kappa shape index (κ3) is 3.87. The van der Waals surface area contributed by atoms with E-state index in [0.29, 0.717) is 22.7 Å². The molecule has 8 nitrogen and oxygen atoms in total. The van der Waals surface area contributed by atoms with Gasteiger partial charge < -0.3 is 15.2 Å². The topological polar surface area (TPSA) is 115 Å². The highest BCUT2D eigenvalue weighted by atomic mass is 32.1. The molecule has 3 atom stereocenters. The van der Waals surface area contributed by atoms with Crippen LogP contribution < -0.4 is 10.1 Å². The number of carboxylic acid groups (broad SMARTS) is 1. The van der Waals surface area contributed by atoms with Crippen molar-refractivity contribution in [3.8, 4) is 5.88 Å². The van der Waals surface area contributed by atoms with Crippen molar-refractivity contribution in [2.45, 2.75) is 38.3 Å². The van der Waals surface area contributed by atoms with Crippen molar-refractivity contribution in [1.82, 2.24) is 4.98 Å². The molecule has 0 radical (unpaired) electrons. The van der Waals surface area contributed by atoms with Crippen molar-refractivity contribution in [3.05, 3.63) is 57.8 Å². The third-order valence-electron chi connectivity index (χ3n) is 5.09. The molecule has 1 aliphatic heterocycles. The Balaban J connectivity index is 2.31. The predicted octanol–water partition coefficient (Wildman–Crippen LogP) is 3.72. The molecule has 9 heteroatoms. The van der Waals surface area contributed by atoms with Crippen LogP contribution in [0.1, 0.15) is 37.8 Å². The number of thiol groups is 1. The highest BCUT2D eigenvalue weighted by Gasteiger charge is 2.50. The Morgan fingerprint density at radius 2 is 2.17 bits per heavy atom. The summed E-state index contributed by atoms with van der Waals surface area (Å²) in [6.07, 6.45) is 1.41. The van der Waals surface area contributed by atoms with Crippen molar-refractivity contribution < 1.29 is 19.6 Å². The van der Waals surface area contributed by atoms with E-state index in [1.54, 1.807) is 31.3 Å². The lowest BCUT2D eigenvalue weighted by Crippen LogP contribution is -2.54. The number of benzene rings is 1. The van der Waals surface area contributed by atoms with E-state index in [4.69, 9.17) is 4.74 Å². The van der Waals surface area contributed by atoms with Crippen LogP contribution in [0.3, 0.4) is 0 Å². The molecular formula is C20H23N3O5S. The lowest BCUT2D eigenvalue weighted by Gasteiger charge is -2.45. The Kier molecular flexibility index (Phi) is 5.70. The summed E-state index contributed by atoms with van der Waals surface area (Å²) >= 11 is 4.40. The number of nitrogens with one attached hydrogen (secondary N) is 1. The van der Waals surface area contributed by atoms with E-state index < -0.39 is 28.3 Å². The molecule has 3 unspecified atom stereocenters. The molecular weight excluding hydrogens is 394 g/mol. The number of fused-ring (bicyclic) bond motifs is 1. The number of hydrogen-bond donors (Lipinski definition) is 3. The first kappa shape index (κ1) is 20.9. The summed E-state index contributed by atoms with van der Waals surface area (Å²) in [7, 11) is 0.